The van der Waals surface area contributed by atoms with Crippen LogP contribution in [-0.2, 0) is 0 Å². The zero-order valence-electron chi connectivity index (χ0n) is 6.02. The number of anilines is 1. The van der Waals surface area contributed by atoms with Gasteiger partial charge in [-0.2, -0.15) is 4.98 Å². The molecule has 0 atom stereocenters. The molecule has 0 unspecified atom stereocenters. The maximum Gasteiger partial charge on any atom is 0.240 e. The number of aryl methyl sites for hydroxylation is 1. The number of hydrogen-bond acceptors (Lipinski definition) is 4. The Labute approximate surface area is 62.9 Å². The van der Waals surface area contributed by atoms with Crippen LogP contribution in [0.2, 0.25) is 0 Å². The van der Waals surface area contributed by atoms with Gasteiger partial charge in [0, 0.05) is 6.20 Å². The fourth-order valence-corrected chi connectivity index (χ4v) is 0.950. The zero-order chi connectivity index (χ0) is 7.84. The number of hydrogen-bond donors (Lipinski definition) is 1. The molecule has 0 radical (unpaired) electrons. The van der Waals surface area contributed by atoms with Crippen LogP contribution in [0.15, 0.2) is 12.4 Å². The van der Waals surface area contributed by atoms with Crippen molar-refractivity contribution in [3.63, 3.8) is 0 Å². The first-order chi connectivity index (χ1) is 5.27. The van der Waals surface area contributed by atoms with E-state index >= 15 is 0 Å². The standard InChI is InChI=1S/C6H7N5/c1-4-2-8-3-5-9-6(7)10-11(4)5/h2-3H,1H3,(H2,7,10). The number of nitrogen functional groups attached to an aromatic ring is 1. The molecule has 0 fully saturated rings. The van der Waals surface area contributed by atoms with Gasteiger partial charge in [0.25, 0.3) is 0 Å². The molecule has 2 N–H and O–H groups in total. The van der Waals surface area contributed by atoms with Crippen LogP contribution in [0.4, 0.5) is 5.95 Å². The Bertz CT molecular complexity index is 391. The highest BCUT2D eigenvalue weighted by molar-refractivity contribution is 5.39. The minimum Gasteiger partial charge on any atom is -0.366 e. The first-order valence-electron chi connectivity index (χ1n) is 3.20. The van der Waals surface area contributed by atoms with E-state index in [0.29, 0.717) is 5.65 Å². The van der Waals surface area contributed by atoms with Crippen molar-refractivity contribution < 1.29 is 0 Å². The Hall–Kier alpha value is -1.65. The van der Waals surface area contributed by atoms with Gasteiger partial charge in [0.2, 0.25) is 5.95 Å². The molecular formula is C6H7N5. The van der Waals surface area contributed by atoms with E-state index in [9.17, 15) is 0 Å². The van der Waals surface area contributed by atoms with Crippen molar-refractivity contribution >= 4 is 11.6 Å². The van der Waals surface area contributed by atoms with Crippen molar-refractivity contribution in [2.75, 3.05) is 5.73 Å². The molecule has 0 saturated carbocycles. The van der Waals surface area contributed by atoms with Gasteiger partial charge in [-0.25, -0.2) is 4.52 Å². The fourth-order valence-electron chi connectivity index (χ4n) is 0.950. The normalized spacial score (nSPS) is 10.6. The maximum absolute atomic E-state index is 5.39. The number of rotatable bonds is 0. The molecule has 5 nitrogen and oxygen atoms in total. The lowest BCUT2D eigenvalue weighted by Gasteiger charge is -1.92. The summed E-state index contributed by atoms with van der Waals surface area (Å²) < 4.78 is 1.66. The predicted molar refractivity (Wildman–Crippen MR) is 39.9 cm³/mol. The average Bonchev–Trinajstić information content (AvgIpc) is 2.31. The van der Waals surface area contributed by atoms with Crippen LogP contribution in [0.1, 0.15) is 5.69 Å². The highest BCUT2D eigenvalue weighted by Crippen LogP contribution is 2.02. The van der Waals surface area contributed by atoms with Gasteiger partial charge in [0.1, 0.15) is 0 Å². The molecule has 0 amide bonds. The summed E-state index contributed by atoms with van der Waals surface area (Å²) in [6.07, 6.45) is 3.33. The lowest BCUT2D eigenvalue weighted by molar-refractivity contribution is 0.903. The first kappa shape index (κ1) is 6.09. The lowest BCUT2D eigenvalue weighted by Crippen LogP contribution is -1.94. The largest absolute Gasteiger partial charge is 0.366 e. The van der Waals surface area contributed by atoms with Crippen molar-refractivity contribution in [2.45, 2.75) is 6.92 Å². The molecule has 0 aliphatic heterocycles. The molecular weight excluding hydrogens is 142 g/mol. The fraction of sp³-hybridized carbons (Fsp3) is 0.167. The Morgan fingerprint density at radius 2 is 2.27 bits per heavy atom. The highest BCUT2D eigenvalue weighted by Gasteiger charge is 2.00. The van der Waals surface area contributed by atoms with Gasteiger partial charge in [0.15, 0.2) is 5.65 Å². The average molecular weight is 149 g/mol. The highest BCUT2D eigenvalue weighted by atomic mass is 15.3. The van der Waals surface area contributed by atoms with Gasteiger partial charge >= 0.3 is 0 Å². The summed E-state index contributed by atoms with van der Waals surface area (Å²) in [5.74, 6) is 0.279. The molecule has 0 saturated heterocycles. The molecule has 0 spiro atoms. The summed E-state index contributed by atoms with van der Waals surface area (Å²) in [5, 5.41) is 3.96. The second-order valence-corrected chi connectivity index (χ2v) is 2.29. The molecule has 2 rings (SSSR count). The van der Waals surface area contributed by atoms with Crippen molar-refractivity contribution in [1.29, 1.82) is 0 Å². The second kappa shape index (κ2) is 1.91. The predicted octanol–water partition coefficient (Wildman–Crippen LogP) is 0.0149. The second-order valence-electron chi connectivity index (χ2n) is 2.29. The van der Waals surface area contributed by atoms with E-state index in [4.69, 9.17) is 5.73 Å². The van der Waals surface area contributed by atoms with Crippen LogP contribution < -0.4 is 5.73 Å². The Balaban J connectivity index is 2.90. The number of nitrogens with two attached hydrogens (primary N) is 1. The van der Waals surface area contributed by atoms with Crippen molar-refractivity contribution in [3.05, 3.63) is 18.1 Å². The zero-order valence-corrected chi connectivity index (χ0v) is 6.02. The van der Waals surface area contributed by atoms with E-state index in [0.717, 1.165) is 5.69 Å². The van der Waals surface area contributed by atoms with E-state index in [1.54, 1.807) is 16.9 Å². The summed E-state index contributed by atoms with van der Waals surface area (Å²) in [7, 11) is 0. The van der Waals surface area contributed by atoms with E-state index in [-0.39, 0.29) is 5.95 Å². The number of aromatic nitrogens is 4. The van der Waals surface area contributed by atoms with Crippen molar-refractivity contribution in [2.24, 2.45) is 0 Å². The summed E-state index contributed by atoms with van der Waals surface area (Å²) in [4.78, 5) is 7.89. The van der Waals surface area contributed by atoms with E-state index in [2.05, 4.69) is 15.1 Å². The van der Waals surface area contributed by atoms with Crippen LogP contribution in [0.5, 0.6) is 0 Å². The van der Waals surface area contributed by atoms with E-state index in [1.807, 2.05) is 6.92 Å². The molecule has 11 heavy (non-hydrogen) atoms. The van der Waals surface area contributed by atoms with Crippen LogP contribution in [0.3, 0.4) is 0 Å². The minimum absolute atomic E-state index is 0.279. The molecule has 2 aromatic rings. The summed E-state index contributed by atoms with van der Waals surface area (Å²) in [5.41, 5.74) is 6.99. The molecule has 0 aromatic carbocycles. The van der Waals surface area contributed by atoms with Gasteiger partial charge in [-0.05, 0) is 6.92 Å². The third-order valence-electron chi connectivity index (χ3n) is 1.43. The minimum atomic E-state index is 0.279. The van der Waals surface area contributed by atoms with Crippen molar-refractivity contribution in [3.8, 4) is 0 Å². The molecule has 0 aliphatic carbocycles. The summed E-state index contributed by atoms with van der Waals surface area (Å²) in [6.45, 7) is 1.90. The maximum atomic E-state index is 5.39. The van der Waals surface area contributed by atoms with E-state index < -0.39 is 0 Å². The summed E-state index contributed by atoms with van der Waals surface area (Å²) >= 11 is 0. The molecule has 0 bridgehead atoms. The molecule has 56 valence electrons. The molecule has 0 aliphatic rings. The monoisotopic (exact) mass is 149 g/mol. The smallest absolute Gasteiger partial charge is 0.240 e. The van der Waals surface area contributed by atoms with Crippen LogP contribution >= 0.6 is 0 Å². The third kappa shape index (κ3) is 0.813. The third-order valence-corrected chi connectivity index (χ3v) is 1.43. The summed E-state index contributed by atoms with van der Waals surface area (Å²) in [6, 6.07) is 0. The van der Waals surface area contributed by atoms with Gasteiger partial charge in [-0.3, -0.25) is 4.98 Å². The van der Waals surface area contributed by atoms with E-state index in [1.165, 1.54) is 0 Å². The Morgan fingerprint density at radius 3 is 3.00 bits per heavy atom. The van der Waals surface area contributed by atoms with Crippen molar-refractivity contribution in [1.82, 2.24) is 19.6 Å². The van der Waals surface area contributed by atoms with Crippen LogP contribution in [-0.4, -0.2) is 19.6 Å². The SMILES string of the molecule is Cc1cncc2nc(N)nn12. The molecule has 5 heteroatoms. The molecule has 2 heterocycles. The lowest BCUT2D eigenvalue weighted by atomic mass is 10.5. The van der Waals surface area contributed by atoms with Gasteiger partial charge in [-0.15, -0.1) is 5.10 Å². The molecule has 2 aromatic heterocycles. The van der Waals surface area contributed by atoms with Gasteiger partial charge < -0.3 is 5.73 Å². The van der Waals surface area contributed by atoms with Gasteiger partial charge in [-0.1, -0.05) is 0 Å². The number of nitrogens with zero attached hydrogens (tertiary/aromatic N) is 4. The Kier molecular flexibility index (Phi) is 1.06. The quantitative estimate of drug-likeness (QED) is 0.573. The Morgan fingerprint density at radius 1 is 1.45 bits per heavy atom. The first-order valence-corrected chi connectivity index (χ1v) is 3.20. The van der Waals surface area contributed by atoms with Crippen LogP contribution in [0.25, 0.3) is 5.65 Å². The topological polar surface area (TPSA) is 69.1 Å². The number of fused-ring (bicyclic) bond motifs is 1. The van der Waals surface area contributed by atoms with Crippen LogP contribution in [0, 0.1) is 6.92 Å². The van der Waals surface area contributed by atoms with Gasteiger partial charge in [0.05, 0.1) is 11.9 Å².